The molecule has 0 spiro atoms. The van der Waals surface area contributed by atoms with E-state index in [1.165, 1.54) is 48.7 Å². The molecule has 1 aromatic heterocycles. The number of aryl methyl sites for hydroxylation is 2. The molecule has 26 heavy (non-hydrogen) atoms. The van der Waals surface area contributed by atoms with Crippen LogP contribution in [0.5, 0.6) is 0 Å². The second-order valence-corrected chi connectivity index (χ2v) is 7.46. The largest absolute Gasteiger partial charge is 0.460 e. The number of thioether (sulfide) groups is 1. The number of fused-ring (bicyclic) bond motifs is 1. The molecule has 1 aliphatic carbocycles. The Bertz CT molecular complexity index is 800. The lowest BCUT2D eigenvalue weighted by molar-refractivity contribution is -0.439. The van der Waals surface area contributed by atoms with Gasteiger partial charge in [-0.2, -0.15) is 5.26 Å². The molecule has 134 valence electrons. The molecule has 0 unspecified atom stereocenters. The van der Waals surface area contributed by atoms with Gasteiger partial charge in [0.25, 0.3) is 5.03 Å². The molecule has 0 amide bonds. The SMILES string of the molecule is N#Cc1cc2c([nH+]c1SCC(=O)OCc1ccccc1)CCCCCC2. The smallest absolute Gasteiger partial charge is 0.316 e. The lowest BCUT2D eigenvalue weighted by Gasteiger charge is -2.10. The third-order valence-corrected chi connectivity index (χ3v) is 5.53. The maximum absolute atomic E-state index is 12.0. The first-order chi connectivity index (χ1) is 12.8. The Hall–Kier alpha value is -2.32. The first-order valence-corrected chi connectivity index (χ1v) is 10.1. The molecule has 0 fully saturated rings. The lowest BCUT2D eigenvalue weighted by Crippen LogP contribution is -2.21. The molecule has 5 heteroatoms. The van der Waals surface area contributed by atoms with Crippen LogP contribution in [-0.4, -0.2) is 11.7 Å². The van der Waals surface area contributed by atoms with Crippen LogP contribution in [0.1, 0.15) is 48.1 Å². The van der Waals surface area contributed by atoms with Crippen molar-refractivity contribution in [3.05, 3.63) is 58.8 Å². The van der Waals surface area contributed by atoms with Crippen LogP contribution >= 0.6 is 11.8 Å². The van der Waals surface area contributed by atoms with E-state index in [1.54, 1.807) is 0 Å². The van der Waals surface area contributed by atoms with E-state index in [9.17, 15) is 10.1 Å². The van der Waals surface area contributed by atoms with Crippen molar-refractivity contribution >= 4 is 17.7 Å². The van der Waals surface area contributed by atoms with Gasteiger partial charge in [0.1, 0.15) is 24.0 Å². The average Bonchev–Trinajstić information content (AvgIpc) is 2.66. The van der Waals surface area contributed by atoms with Gasteiger partial charge in [-0.25, -0.2) is 4.98 Å². The number of benzene rings is 1. The van der Waals surface area contributed by atoms with Gasteiger partial charge >= 0.3 is 5.97 Å². The van der Waals surface area contributed by atoms with E-state index in [0.717, 1.165) is 23.4 Å². The normalized spacial score (nSPS) is 13.8. The van der Waals surface area contributed by atoms with E-state index in [-0.39, 0.29) is 18.3 Å². The number of esters is 1. The lowest BCUT2D eigenvalue weighted by atomic mass is 9.96. The van der Waals surface area contributed by atoms with E-state index in [2.05, 4.69) is 11.1 Å². The maximum Gasteiger partial charge on any atom is 0.316 e. The molecule has 1 aromatic carbocycles. The highest BCUT2D eigenvalue weighted by Gasteiger charge is 2.21. The molecule has 0 bridgehead atoms. The van der Waals surface area contributed by atoms with Gasteiger partial charge in [0, 0.05) is 12.0 Å². The number of aromatic amines is 1. The molecule has 0 atom stereocenters. The standard InChI is InChI=1S/C21H22N2O2S/c22-13-18-12-17-10-6-1-2-7-11-19(17)23-21(18)26-15-20(24)25-14-16-8-4-3-5-9-16/h3-5,8-9,12H,1-2,6-7,10-11,14-15H2/p+1. The summed E-state index contributed by atoms with van der Waals surface area (Å²) >= 11 is 1.35. The van der Waals surface area contributed by atoms with Crippen molar-refractivity contribution in [2.75, 3.05) is 5.75 Å². The highest BCUT2D eigenvalue weighted by Crippen LogP contribution is 2.23. The zero-order chi connectivity index (χ0) is 18.2. The van der Waals surface area contributed by atoms with Crippen LogP contribution in [-0.2, 0) is 29.0 Å². The fourth-order valence-electron chi connectivity index (χ4n) is 3.14. The van der Waals surface area contributed by atoms with Crippen molar-refractivity contribution in [1.29, 1.82) is 5.26 Å². The minimum atomic E-state index is -0.275. The van der Waals surface area contributed by atoms with Crippen LogP contribution in [0.2, 0.25) is 0 Å². The predicted octanol–water partition coefficient (Wildman–Crippen LogP) is 3.87. The highest BCUT2D eigenvalue weighted by molar-refractivity contribution is 7.99. The summed E-state index contributed by atoms with van der Waals surface area (Å²) in [4.78, 5) is 15.5. The summed E-state index contributed by atoms with van der Waals surface area (Å²) in [6.07, 6.45) is 6.87. The number of ether oxygens (including phenoxy) is 1. The van der Waals surface area contributed by atoms with Crippen molar-refractivity contribution < 1.29 is 14.5 Å². The number of rotatable bonds is 5. The van der Waals surface area contributed by atoms with Gasteiger partial charge < -0.3 is 4.74 Å². The number of aromatic nitrogens is 1. The minimum Gasteiger partial charge on any atom is -0.460 e. The first-order valence-electron chi connectivity index (χ1n) is 9.07. The Morgan fingerprint density at radius 1 is 1.15 bits per heavy atom. The van der Waals surface area contributed by atoms with Gasteiger partial charge in [-0.15, -0.1) is 0 Å². The van der Waals surface area contributed by atoms with Crippen LogP contribution in [0, 0.1) is 11.3 Å². The molecule has 0 saturated carbocycles. The Labute approximate surface area is 158 Å². The van der Waals surface area contributed by atoms with Crippen molar-refractivity contribution in [3.8, 4) is 6.07 Å². The van der Waals surface area contributed by atoms with Crippen LogP contribution in [0.25, 0.3) is 0 Å². The zero-order valence-corrected chi connectivity index (χ0v) is 15.6. The van der Waals surface area contributed by atoms with E-state index >= 15 is 0 Å². The summed E-state index contributed by atoms with van der Waals surface area (Å²) in [5.41, 5.74) is 4.04. The molecular weight excluding hydrogens is 344 g/mol. The number of carbonyl (C=O) groups excluding carboxylic acids is 1. The number of nitriles is 1. The Balaban J connectivity index is 1.62. The molecule has 0 aliphatic heterocycles. The molecule has 0 radical (unpaired) electrons. The van der Waals surface area contributed by atoms with Gasteiger partial charge in [0.15, 0.2) is 5.69 Å². The number of hydrogen-bond acceptors (Lipinski definition) is 4. The second-order valence-electron chi connectivity index (χ2n) is 6.48. The zero-order valence-electron chi connectivity index (χ0n) is 14.8. The molecular formula is C21H23N2O2S+. The van der Waals surface area contributed by atoms with Crippen LogP contribution in [0.3, 0.4) is 0 Å². The third kappa shape index (κ3) is 5.09. The first kappa shape index (κ1) is 18.5. The predicted molar refractivity (Wildman–Crippen MR) is 101 cm³/mol. The number of hydrogen-bond donors (Lipinski definition) is 0. The average molecular weight is 367 g/mol. The van der Waals surface area contributed by atoms with Crippen molar-refractivity contribution in [3.63, 3.8) is 0 Å². The Morgan fingerprint density at radius 3 is 2.69 bits per heavy atom. The number of H-pyrrole nitrogens is 1. The molecule has 4 nitrogen and oxygen atoms in total. The Morgan fingerprint density at radius 2 is 1.92 bits per heavy atom. The monoisotopic (exact) mass is 367 g/mol. The number of carbonyl (C=O) groups is 1. The van der Waals surface area contributed by atoms with Gasteiger partial charge in [-0.3, -0.25) is 4.79 Å². The molecule has 1 N–H and O–H groups in total. The van der Waals surface area contributed by atoms with E-state index in [1.807, 2.05) is 36.4 Å². The van der Waals surface area contributed by atoms with Crippen LogP contribution < -0.4 is 4.98 Å². The fraction of sp³-hybridized carbons (Fsp3) is 0.381. The van der Waals surface area contributed by atoms with Gasteiger partial charge in [-0.05, 0) is 42.7 Å². The molecule has 0 saturated heterocycles. The number of nitrogens with zero attached hydrogens (tertiary/aromatic N) is 1. The van der Waals surface area contributed by atoms with Crippen molar-refractivity contribution in [2.45, 2.75) is 50.2 Å². The Kier molecular flexibility index (Phi) is 6.68. The third-order valence-electron chi connectivity index (χ3n) is 4.54. The quantitative estimate of drug-likeness (QED) is 0.594. The summed E-state index contributed by atoms with van der Waals surface area (Å²) in [5, 5.41) is 10.2. The number of nitrogens with one attached hydrogen (secondary N) is 1. The number of pyridine rings is 1. The molecule has 1 heterocycles. The minimum absolute atomic E-state index is 0.191. The van der Waals surface area contributed by atoms with Crippen molar-refractivity contribution in [2.24, 2.45) is 0 Å². The maximum atomic E-state index is 12.0. The fourth-order valence-corrected chi connectivity index (χ4v) is 3.94. The highest BCUT2D eigenvalue weighted by atomic mass is 32.2. The van der Waals surface area contributed by atoms with Crippen LogP contribution in [0.15, 0.2) is 41.4 Å². The van der Waals surface area contributed by atoms with E-state index < -0.39 is 0 Å². The summed E-state index contributed by atoms with van der Waals surface area (Å²) in [7, 11) is 0. The molecule has 3 rings (SSSR count). The summed E-state index contributed by atoms with van der Waals surface area (Å²) in [5.74, 6) is -0.0838. The summed E-state index contributed by atoms with van der Waals surface area (Å²) in [6, 6.07) is 13.9. The topological polar surface area (TPSA) is 64.2 Å². The van der Waals surface area contributed by atoms with Gasteiger partial charge in [0.2, 0.25) is 0 Å². The molecule has 2 aromatic rings. The van der Waals surface area contributed by atoms with E-state index in [0.29, 0.717) is 5.56 Å². The van der Waals surface area contributed by atoms with Crippen LogP contribution in [0.4, 0.5) is 0 Å². The van der Waals surface area contributed by atoms with Crippen molar-refractivity contribution in [1.82, 2.24) is 0 Å². The second kappa shape index (κ2) is 9.40. The van der Waals surface area contributed by atoms with Gasteiger partial charge in [-0.1, -0.05) is 43.2 Å². The van der Waals surface area contributed by atoms with E-state index in [4.69, 9.17) is 4.74 Å². The summed E-state index contributed by atoms with van der Waals surface area (Å²) < 4.78 is 5.32. The summed E-state index contributed by atoms with van der Waals surface area (Å²) in [6.45, 7) is 0.277. The molecule has 1 aliphatic rings. The van der Waals surface area contributed by atoms with Gasteiger partial charge in [0.05, 0.1) is 0 Å².